The van der Waals surface area contributed by atoms with Crippen molar-refractivity contribution in [3.8, 4) is 0 Å². The molecule has 1 aromatic heterocycles. The van der Waals surface area contributed by atoms with Crippen LogP contribution < -0.4 is 5.73 Å². The van der Waals surface area contributed by atoms with E-state index in [4.69, 9.17) is 5.73 Å². The predicted octanol–water partition coefficient (Wildman–Crippen LogP) is 3.51. The monoisotopic (exact) mass is 463 g/mol. The highest BCUT2D eigenvalue weighted by Crippen LogP contribution is 2.38. The Hall–Kier alpha value is -2.96. The Balaban J connectivity index is 1.36. The number of rotatable bonds is 5. The molecular formula is C27H37N5O2. The van der Waals surface area contributed by atoms with Gasteiger partial charge in [-0.15, -0.1) is 0 Å². The van der Waals surface area contributed by atoms with Gasteiger partial charge in [0, 0.05) is 49.5 Å². The maximum atomic E-state index is 13.7. The molecule has 2 fully saturated rings. The largest absolute Gasteiger partial charge is 0.384 e. The number of aromatic nitrogens is 2. The van der Waals surface area contributed by atoms with E-state index in [0.717, 1.165) is 31.5 Å². The molecule has 3 heterocycles. The van der Waals surface area contributed by atoms with Gasteiger partial charge in [-0.25, -0.2) is 9.97 Å². The molecule has 0 unspecified atom stereocenters. The highest BCUT2D eigenvalue weighted by molar-refractivity contribution is 5.83. The first-order valence-electron chi connectivity index (χ1n) is 12.4. The van der Waals surface area contributed by atoms with Crippen LogP contribution in [0.15, 0.2) is 36.4 Å². The van der Waals surface area contributed by atoms with Crippen molar-refractivity contribution in [2.24, 2.45) is 5.41 Å². The Morgan fingerprint density at radius 3 is 2.38 bits per heavy atom. The van der Waals surface area contributed by atoms with Gasteiger partial charge in [0.25, 0.3) is 0 Å². The number of nitrogen functional groups attached to an aromatic ring is 1. The fraction of sp³-hybridized carbons (Fsp3) is 0.556. The summed E-state index contributed by atoms with van der Waals surface area (Å²) in [6.07, 6.45) is 4.58. The molecule has 2 N–H and O–H groups in total. The van der Waals surface area contributed by atoms with E-state index in [-0.39, 0.29) is 17.2 Å². The molecule has 2 aliphatic heterocycles. The lowest BCUT2D eigenvalue weighted by Crippen LogP contribution is -2.54. The SMILES string of the molecule is Cc1nc(N)cc([C@]2(C)CCCN(C(=O)C3(C)CCN(C(=O)CCc4ccccc4)CC3)C2)n1. The zero-order chi connectivity index (χ0) is 24.3. The topological polar surface area (TPSA) is 92.4 Å². The van der Waals surface area contributed by atoms with Crippen LogP contribution >= 0.6 is 0 Å². The van der Waals surface area contributed by atoms with Gasteiger partial charge < -0.3 is 15.5 Å². The summed E-state index contributed by atoms with van der Waals surface area (Å²) < 4.78 is 0. The molecule has 182 valence electrons. The maximum Gasteiger partial charge on any atom is 0.228 e. The smallest absolute Gasteiger partial charge is 0.228 e. The molecular weight excluding hydrogens is 426 g/mol. The Morgan fingerprint density at radius 1 is 1.00 bits per heavy atom. The van der Waals surface area contributed by atoms with E-state index in [1.54, 1.807) is 0 Å². The Kier molecular flexibility index (Phi) is 6.91. The molecule has 2 saturated heterocycles. The zero-order valence-corrected chi connectivity index (χ0v) is 20.7. The van der Waals surface area contributed by atoms with E-state index in [1.165, 1.54) is 5.56 Å². The standard InChI is InChI=1S/C27H37N5O2/c1-20-29-22(18-23(28)30-20)27(3)12-7-15-32(19-27)25(34)26(2)13-16-31(17-14-26)24(33)11-10-21-8-5-4-6-9-21/h4-6,8-9,18H,7,10-17,19H2,1-3H3,(H2,28,29,30)/t27-/m1/s1. The summed E-state index contributed by atoms with van der Waals surface area (Å²) >= 11 is 0. The third-order valence-electron chi connectivity index (χ3n) is 7.67. The van der Waals surface area contributed by atoms with Crippen LogP contribution in [0, 0.1) is 12.3 Å². The highest BCUT2D eigenvalue weighted by Gasteiger charge is 2.44. The molecule has 0 aliphatic carbocycles. The van der Waals surface area contributed by atoms with E-state index in [0.29, 0.717) is 50.5 Å². The van der Waals surface area contributed by atoms with Crippen molar-refractivity contribution in [2.45, 2.75) is 64.7 Å². The number of anilines is 1. The van der Waals surface area contributed by atoms with Crippen LogP contribution in [0.4, 0.5) is 5.82 Å². The fourth-order valence-electron chi connectivity index (χ4n) is 5.42. The fourth-order valence-corrected chi connectivity index (χ4v) is 5.42. The van der Waals surface area contributed by atoms with Crippen LogP contribution in [0.5, 0.6) is 0 Å². The maximum absolute atomic E-state index is 13.7. The number of carbonyl (C=O) groups is 2. The van der Waals surface area contributed by atoms with E-state index in [9.17, 15) is 9.59 Å². The van der Waals surface area contributed by atoms with Gasteiger partial charge in [0.2, 0.25) is 11.8 Å². The van der Waals surface area contributed by atoms with Gasteiger partial charge in [-0.05, 0) is 44.6 Å². The molecule has 34 heavy (non-hydrogen) atoms. The molecule has 7 nitrogen and oxygen atoms in total. The lowest BCUT2D eigenvalue weighted by atomic mass is 9.75. The van der Waals surface area contributed by atoms with E-state index >= 15 is 0 Å². The van der Waals surface area contributed by atoms with E-state index in [1.807, 2.05) is 41.0 Å². The van der Waals surface area contributed by atoms with Crippen molar-refractivity contribution in [1.82, 2.24) is 19.8 Å². The van der Waals surface area contributed by atoms with Crippen molar-refractivity contribution in [3.63, 3.8) is 0 Å². The number of nitrogens with two attached hydrogens (primary N) is 1. The first-order valence-corrected chi connectivity index (χ1v) is 12.4. The number of benzene rings is 1. The Bertz CT molecular complexity index is 1010. The van der Waals surface area contributed by atoms with Gasteiger partial charge in [-0.1, -0.05) is 44.2 Å². The number of carbonyl (C=O) groups excluding carboxylic acids is 2. The number of likely N-dealkylation sites (tertiary alicyclic amines) is 2. The van der Waals surface area contributed by atoms with Crippen molar-refractivity contribution >= 4 is 17.6 Å². The first-order chi connectivity index (χ1) is 16.2. The normalized spacial score (nSPS) is 22.4. The highest BCUT2D eigenvalue weighted by atomic mass is 16.2. The third-order valence-corrected chi connectivity index (χ3v) is 7.67. The van der Waals surface area contributed by atoms with Gasteiger partial charge in [0.05, 0.1) is 5.69 Å². The minimum atomic E-state index is -0.435. The van der Waals surface area contributed by atoms with Crippen molar-refractivity contribution < 1.29 is 9.59 Å². The first kappa shape index (κ1) is 24.2. The second-order valence-electron chi connectivity index (χ2n) is 10.5. The van der Waals surface area contributed by atoms with Crippen molar-refractivity contribution in [2.75, 3.05) is 31.9 Å². The summed E-state index contributed by atoms with van der Waals surface area (Å²) in [5, 5.41) is 0. The summed E-state index contributed by atoms with van der Waals surface area (Å²) in [6, 6.07) is 12.0. The van der Waals surface area contributed by atoms with Crippen LogP contribution in [-0.2, 0) is 21.4 Å². The van der Waals surface area contributed by atoms with Gasteiger partial charge in [-0.2, -0.15) is 0 Å². The van der Waals surface area contributed by atoms with Gasteiger partial charge in [-0.3, -0.25) is 9.59 Å². The van der Waals surface area contributed by atoms with Crippen LogP contribution in [-0.4, -0.2) is 57.8 Å². The molecule has 2 amide bonds. The number of amides is 2. The van der Waals surface area contributed by atoms with E-state index in [2.05, 4.69) is 35.9 Å². The molecule has 0 saturated carbocycles. The number of hydrogen-bond acceptors (Lipinski definition) is 5. The molecule has 1 atom stereocenters. The Morgan fingerprint density at radius 2 is 1.71 bits per heavy atom. The zero-order valence-electron chi connectivity index (χ0n) is 20.7. The molecule has 2 aliphatic rings. The van der Waals surface area contributed by atoms with Crippen LogP contribution in [0.25, 0.3) is 0 Å². The molecule has 4 rings (SSSR count). The quantitative estimate of drug-likeness (QED) is 0.733. The van der Waals surface area contributed by atoms with Gasteiger partial charge >= 0.3 is 0 Å². The summed E-state index contributed by atoms with van der Waals surface area (Å²) in [6.45, 7) is 8.78. The molecule has 0 spiro atoms. The van der Waals surface area contributed by atoms with Crippen LogP contribution in [0.3, 0.4) is 0 Å². The summed E-state index contributed by atoms with van der Waals surface area (Å²) in [5.41, 5.74) is 7.41. The molecule has 0 radical (unpaired) electrons. The molecule has 1 aromatic carbocycles. The average molecular weight is 464 g/mol. The Labute approximate surface area is 202 Å². The average Bonchev–Trinajstić information content (AvgIpc) is 2.82. The summed E-state index contributed by atoms with van der Waals surface area (Å²) in [7, 11) is 0. The minimum absolute atomic E-state index is 0.181. The number of piperidine rings is 2. The van der Waals surface area contributed by atoms with Crippen LogP contribution in [0.1, 0.15) is 63.0 Å². The second-order valence-corrected chi connectivity index (χ2v) is 10.5. The van der Waals surface area contributed by atoms with Gasteiger partial charge in [0.15, 0.2) is 0 Å². The van der Waals surface area contributed by atoms with Gasteiger partial charge in [0.1, 0.15) is 11.6 Å². The number of nitrogens with zero attached hydrogens (tertiary/aromatic N) is 4. The molecule has 2 aromatic rings. The predicted molar refractivity (Wildman–Crippen MR) is 133 cm³/mol. The van der Waals surface area contributed by atoms with E-state index < -0.39 is 5.41 Å². The molecule has 7 heteroatoms. The number of aryl methyl sites for hydroxylation is 2. The summed E-state index contributed by atoms with van der Waals surface area (Å²) in [4.78, 5) is 39.2. The second kappa shape index (κ2) is 9.72. The van der Waals surface area contributed by atoms with Crippen molar-refractivity contribution in [3.05, 3.63) is 53.5 Å². The lowest BCUT2D eigenvalue weighted by Gasteiger charge is -2.46. The minimum Gasteiger partial charge on any atom is -0.384 e. The third kappa shape index (κ3) is 5.24. The van der Waals surface area contributed by atoms with Crippen molar-refractivity contribution in [1.29, 1.82) is 0 Å². The van der Waals surface area contributed by atoms with Crippen LogP contribution in [0.2, 0.25) is 0 Å². The summed E-state index contributed by atoms with van der Waals surface area (Å²) in [5.74, 6) is 1.52. The number of hydrogen-bond donors (Lipinski definition) is 1. The lowest BCUT2D eigenvalue weighted by molar-refractivity contribution is -0.149. The molecule has 0 bridgehead atoms.